The molecule has 0 N–H and O–H groups in total. The lowest BCUT2D eigenvalue weighted by Crippen LogP contribution is -1.93. The summed E-state index contributed by atoms with van der Waals surface area (Å²) in [7, 11) is -4.76. The zero-order valence-electron chi connectivity index (χ0n) is 5.89. The smallest absolute Gasteiger partial charge is 0.189 e. The van der Waals surface area contributed by atoms with Crippen LogP contribution in [0.4, 0.5) is 3.89 Å². The first-order chi connectivity index (χ1) is 5.82. The van der Waals surface area contributed by atoms with E-state index in [0.717, 1.165) is 6.07 Å². The Balaban J connectivity index is 3.50. The topological polar surface area (TPSA) is 34.1 Å². The third-order valence-electron chi connectivity index (χ3n) is 1.24. The minimum atomic E-state index is -4.76. The Labute approximate surface area is 93.0 Å². The van der Waals surface area contributed by atoms with Gasteiger partial charge in [0, 0.05) is 4.47 Å². The van der Waals surface area contributed by atoms with Crippen molar-refractivity contribution in [2.75, 3.05) is 0 Å². The fourth-order valence-corrected chi connectivity index (χ4v) is 2.69. The van der Waals surface area contributed by atoms with Crippen molar-refractivity contribution >= 4 is 49.4 Å². The van der Waals surface area contributed by atoms with Crippen LogP contribution in [0.2, 0.25) is 10.0 Å². The average Bonchev–Trinajstić information content (AvgIpc) is 1.94. The van der Waals surface area contributed by atoms with Crippen molar-refractivity contribution < 1.29 is 12.3 Å². The van der Waals surface area contributed by atoms with Crippen LogP contribution in [0.5, 0.6) is 0 Å². The van der Waals surface area contributed by atoms with Crippen LogP contribution in [0.15, 0.2) is 21.5 Å². The van der Waals surface area contributed by atoms with Gasteiger partial charge in [-0.25, -0.2) is 0 Å². The molecular weight excluding hydrogens is 306 g/mol. The Morgan fingerprint density at radius 1 is 1.23 bits per heavy atom. The Bertz CT molecular complexity index is 446. The van der Waals surface area contributed by atoms with E-state index in [1.54, 1.807) is 0 Å². The summed E-state index contributed by atoms with van der Waals surface area (Å²) in [5.74, 6) is 0. The summed E-state index contributed by atoms with van der Waals surface area (Å²) in [6, 6.07) is 2.17. The maximum Gasteiger partial charge on any atom is 0.333 e. The molecule has 0 bridgehead atoms. The molecule has 2 nitrogen and oxygen atoms in total. The predicted octanol–water partition coefficient (Wildman–Crippen LogP) is 3.41. The molecule has 1 aromatic carbocycles. The van der Waals surface area contributed by atoms with Gasteiger partial charge in [0.1, 0.15) is 4.90 Å². The summed E-state index contributed by atoms with van der Waals surface area (Å²) in [6.45, 7) is 0. The first kappa shape index (κ1) is 11.2. The zero-order chi connectivity index (χ0) is 10.2. The molecule has 0 aliphatic carbocycles. The van der Waals surface area contributed by atoms with E-state index in [1.165, 1.54) is 6.07 Å². The quantitative estimate of drug-likeness (QED) is 0.588. The van der Waals surface area contributed by atoms with Gasteiger partial charge in [-0.3, -0.25) is 0 Å². The Hall–Kier alpha value is 0.160. The highest BCUT2D eigenvalue weighted by Gasteiger charge is 2.18. The average molecular weight is 308 g/mol. The number of hydrogen-bond acceptors (Lipinski definition) is 2. The van der Waals surface area contributed by atoms with Crippen molar-refractivity contribution in [3.63, 3.8) is 0 Å². The van der Waals surface area contributed by atoms with Crippen LogP contribution < -0.4 is 0 Å². The lowest BCUT2D eigenvalue weighted by Gasteiger charge is -2.01. The molecule has 0 fully saturated rings. The molecular formula is C6H2BrCl2FO2S. The number of rotatable bonds is 1. The van der Waals surface area contributed by atoms with Gasteiger partial charge >= 0.3 is 10.2 Å². The van der Waals surface area contributed by atoms with E-state index in [-0.39, 0.29) is 14.5 Å². The molecule has 0 aromatic heterocycles. The molecule has 13 heavy (non-hydrogen) atoms. The number of hydrogen-bond donors (Lipinski definition) is 0. The van der Waals surface area contributed by atoms with Gasteiger partial charge in [-0.1, -0.05) is 23.2 Å². The summed E-state index contributed by atoms with van der Waals surface area (Å²) in [5.41, 5.74) is 0. The molecule has 0 spiro atoms. The van der Waals surface area contributed by atoms with Crippen LogP contribution in [0.1, 0.15) is 0 Å². The molecule has 1 rings (SSSR count). The van der Waals surface area contributed by atoms with Gasteiger partial charge in [-0.15, -0.1) is 3.89 Å². The SMILES string of the molecule is O=S(=O)(F)c1cc(Cl)c(Cl)cc1Br. The summed E-state index contributed by atoms with van der Waals surface area (Å²) in [5, 5.41) is 0.141. The van der Waals surface area contributed by atoms with E-state index in [2.05, 4.69) is 15.9 Å². The summed E-state index contributed by atoms with van der Waals surface area (Å²) >= 11 is 13.9. The Morgan fingerprint density at radius 2 is 1.69 bits per heavy atom. The molecule has 0 aliphatic rings. The summed E-state index contributed by atoms with van der Waals surface area (Å²) in [6.07, 6.45) is 0. The van der Waals surface area contributed by atoms with Gasteiger partial charge < -0.3 is 0 Å². The first-order valence-electron chi connectivity index (χ1n) is 2.91. The van der Waals surface area contributed by atoms with Crippen molar-refractivity contribution in [3.05, 3.63) is 26.7 Å². The molecule has 0 saturated heterocycles. The minimum absolute atomic E-state index is 0.0129. The van der Waals surface area contributed by atoms with Crippen LogP contribution in [0.25, 0.3) is 0 Å². The number of halogens is 4. The van der Waals surface area contributed by atoms with E-state index in [0.29, 0.717) is 0 Å². The van der Waals surface area contributed by atoms with Crippen LogP contribution >= 0.6 is 39.1 Å². The molecule has 0 unspecified atom stereocenters. The van der Waals surface area contributed by atoms with E-state index in [9.17, 15) is 12.3 Å². The normalized spacial score (nSPS) is 11.7. The molecule has 0 aliphatic heterocycles. The van der Waals surface area contributed by atoms with Crippen molar-refractivity contribution in [3.8, 4) is 0 Å². The molecule has 0 heterocycles. The monoisotopic (exact) mass is 306 g/mol. The molecule has 0 amide bonds. The highest BCUT2D eigenvalue weighted by atomic mass is 79.9. The van der Waals surface area contributed by atoms with Gasteiger partial charge in [0.05, 0.1) is 10.0 Å². The Morgan fingerprint density at radius 3 is 2.15 bits per heavy atom. The summed E-state index contributed by atoms with van der Waals surface area (Å²) < 4.78 is 33.6. The van der Waals surface area contributed by atoms with Gasteiger partial charge in [0.15, 0.2) is 0 Å². The largest absolute Gasteiger partial charge is 0.333 e. The summed E-state index contributed by atoms with van der Waals surface area (Å²) in [4.78, 5) is -0.526. The van der Waals surface area contributed by atoms with Crippen molar-refractivity contribution in [1.29, 1.82) is 0 Å². The van der Waals surface area contributed by atoms with E-state index >= 15 is 0 Å². The van der Waals surface area contributed by atoms with Crippen molar-refractivity contribution in [2.24, 2.45) is 0 Å². The first-order valence-corrected chi connectivity index (χ1v) is 5.85. The standard InChI is InChI=1S/C6H2BrCl2FO2S/c7-3-1-4(8)5(9)2-6(3)13(10,11)12/h1-2H. The lowest BCUT2D eigenvalue weighted by molar-refractivity contribution is 0.551. The lowest BCUT2D eigenvalue weighted by atomic mass is 10.4. The van der Waals surface area contributed by atoms with E-state index < -0.39 is 15.1 Å². The van der Waals surface area contributed by atoms with Gasteiger partial charge in [-0.05, 0) is 28.1 Å². The highest BCUT2D eigenvalue weighted by molar-refractivity contribution is 9.10. The van der Waals surface area contributed by atoms with Gasteiger partial charge in [0.25, 0.3) is 0 Å². The second-order valence-electron chi connectivity index (χ2n) is 2.13. The van der Waals surface area contributed by atoms with E-state index in [1.807, 2.05) is 0 Å². The fraction of sp³-hybridized carbons (Fsp3) is 0. The van der Waals surface area contributed by atoms with E-state index in [4.69, 9.17) is 23.2 Å². The van der Waals surface area contributed by atoms with Crippen LogP contribution in [0.3, 0.4) is 0 Å². The fourth-order valence-electron chi connectivity index (χ4n) is 0.691. The predicted molar refractivity (Wildman–Crippen MR) is 52.5 cm³/mol. The van der Waals surface area contributed by atoms with Crippen LogP contribution in [-0.2, 0) is 10.2 Å². The molecule has 0 saturated carbocycles. The zero-order valence-corrected chi connectivity index (χ0v) is 9.81. The van der Waals surface area contributed by atoms with Crippen molar-refractivity contribution in [1.82, 2.24) is 0 Å². The molecule has 7 heteroatoms. The van der Waals surface area contributed by atoms with Gasteiger partial charge in [-0.2, -0.15) is 8.42 Å². The third-order valence-corrected chi connectivity index (χ3v) is 3.74. The minimum Gasteiger partial charge on any atom is -0.189 e. The number of benzene rings is 1. The maximum absolute atomic E-state index is 12.5. The second kappa shape index (κ2) is 3.73. The molecule has 1 aromatic rings. The third kappa shape index (κ3) is 2.56. The highest BCUT2D eigenvalue weighted by Crippen LogP contribution is 2.32. The Kier molecular flexibility index (Phi) is 3.22. The molecule has 0 radical (unpaired) electrons. The van der Waals surface area contributed by atoms with Crippen LogP contribution in [-0.4, -0.2) is 8.42 Å². The van der Waals surface area contributed by atoms with Crippen LogP contribution in [0, 0.1) is 0 Å². The molecule has 72 valence electrons. The maximum atomic E-state index is 12.5. The van der Waals surface area contributed by atoms with Crippen molar-refractivity contribution in [2.45, 2.75) is 4.90 Å². The molecule has 0 atom stereocenters. The second-order valence-corrected chi connectivity index (χ2v) is 5.12. The van der Waals surface area contributed by atoms with Gasteiger partial charge in [0.2, 0.25) is 0 Å².